The fourth-order valence-electron chi connectivity index (χ4n) is 3.58. The second-order valence-corrected chi connectivity index (χ2v) is 7.38. The number of rotatable bonds is 6. The van der Waals surface area contributed by atoms with Crippen LogP contribution >= 0.6 is 0 Å². The minimum Gasteiger partial charge on any atom is -0.472 e. The van der Waals surface area contributed by atoms with Gasteiger partial charge >= 0.3 is 0 Å². The van der Waals surface area contributed by atoms with Gasteiger partial charge in [-0.3, -0.25) is 4.79 Å². The minimum atomic E-state index is -0.310. The molecule has 0 radical (unpaired) electrons. The molecule has 1 amide bonds. The van der Waals surface area contributed by atoms with Crippen molar-refractivity contribution in [3.05, 3.63) is 90.3 Å². The van der Waals surface area contributed by atoms with Gasteiger partial charge in [-0.1, -0.05) is 35.9 Å². The first kappa shape index (κ1) is 18.9. The molecule has 31 heavy (non-hydrogen) atoms. The van der Waals surface area contributed by atoms with Crippen molar-refractivity contribution in [2.75, 3.05) is 6.54 Å². The predicted molar refractivity (Wildman–Crippen MR) is 118 cm³/mol. The fraction of sp³-hybridized carbons (Fsp3) is 0.125. The highest BCUT2D eigenvalue weighted by Crippen LogP contribution is 2.22. The lowest BCUT2D eigenvalue weighted by atomic mass is 10.1. The van der Waals surface area contributed by atoms with E-state index in [0.717, 1.165) is 27.9 Å². The number of nitrogens with one attached hydrogen (secondary N) is 2. The number of carbonyl (C=O) groups is 1. The van der Waals surface area contributed by atoms with Crippen molar-refractivity contribution in [2.24, 2.45) is 0 Å². The lowest BCUT2D eigenvalue weighted by Gasteiger charge is -2.04. The first-order chi connectivity index (χ1) is 15.2. The number of amides is 1. The van der Waals surface area contributed by atoms with Crippen molar-refractivity contribution in [3.8, 4) is 17.1 Å². The number of nitrogens with zero attached hydrogens (tertiary/aromatic N) is 3. The van der Waals surface area contributed by atoms with Gasteiger partial charge in [-0.25, -0.2) is 9.67 Å². The van der Waals surface area contributed by atoms with Gasteiger partial charge in [0, 0.05) is 23.6 Å². The summed E-state index contributed by atoms with van der Waals surface area (Å²) in [4.78, 5) is 20.5. The Morgan fingerprint density at radius 3 is 2.77 bits per heavy atom. The molecule has 0 aliphatic heterocycles. The molecule has 7 nitrogen and oxygen atoms in total. The quantitative estimate of drug-likeness (QED) is 0.436. The maximum Gasteiger partial charge on any atom is 0.291 e. The smallest absolute Gasteiger partial charge is 0.291 e. The number of hydrogen-bond acceptors (Lipinski definition) is 4. The third-order valence-corrected chi connectivity index (χ3v) is 5.22. The van der Waals surface area contributed by atoms with Gasteiger partial charge in [0.2, 0.25) is 5.82 Å². The fourth-order valence-corrected chi connectivity index (χ4v) is 3.58. The van der Waals surface area contributed by atoms with Gasteiger partial charge in [0.1, 0.15) is 6.26 Å². The molecule has 154 valence electrons. The van der Waals surface area contributed by atoms with E-state index in [4.69, 9.17) is 4.42 Å². The van der Waals surface area contributed by atoms with Gasteiger partial charge in [0.15, 0.2) is 5.82 Å². The molecular formula is C24H21N5O2. The average molecular weight is 411 g/mol. The van der Waals surface area contributed by atoms with E-state index >= 15 is 0 Å². The maximum absolute atomic E-state index is 12.8. The van der Waals surface area contributed by atoms with E-state index < -0.39 is 0 Å². The van der Waals surface area contributed by atoms with Crippen LogP contribution in [0.15, 0.2) is 77.7 Å². The molecule has 0 unspecified atom stereocenters. The number of aromatic amines is 1. The Morgan fingerprint density at radius 1 is 1.13 bits per heavy atom. The second-order valence-electron chi connectivity index (χ2n) is 7.38. The zero-order valence-corrected chi connectivity index (χ0v) is 17.0. The molecule has 0 aliphatic rings. The van der Waals surface area contributed by atoms with Gasteiger partial charge in [-0.2, -0.15) is 0 Å². The third-order valence-electron chi connectivity index (χ3n) is 5.22. The molecule has 5 aromatic rings. The predicted octanol–water partition coefficient (Wildman–Crippen LogP) is 4.29. The Bertz CT molecular complexity index is 1330. The zero-order valence-electron chi connectivity index (χ0n) is 17.0. The highest BCUT2D eigenvalue weighted by molar-refractivity contribution is 5.91. The molecule has 0 saturated heterocycles. The van der Waals surface area contributed by atoms with Crippen molar-refractivity contribution >= 4 is 16.8 Å². The van der Waals surface area contributed by atoms with Crippen LogP contribution in [0.5, 0.6) is 0 Å². The summed E-state index contributed by atoms with van der Waals surface area (Å²) in [5.41, 5.74) is 4.97. The van der Waals surface area contributed by atoms with Crippen LogP contribution in [0.1, 0.15) is 21.7 Å². The Hall–Kier alpha value is -4.13. The summed E-state index contributed by atoms with van der Waals surface area (Å²) < 4.78 is 6.87. The average Bonchev–Trinajstić information content (AvgIpc) is 3.54. The van der Waals surface area contributed by atoms with E-state index in [1.165, 1.54) is 5.39 Å². The van der Waals surface area contributed by atoms with Crippen molar-refractivity contribution in [3.63, 3.8) is 0 Å². The van der Waals surface area contributed by atoms with Gasteiger partial charge < -0.3 is 14.7 Å². The Kier molecular flexibility index (Phi) is 4.84. The number of hydrogen-bond donors (Lipinski definition) is 2. The van der Waals surface area contributed by atoms with Crippen LogP contribution in [0, 0.1) is 6.92 Å². The topological polar surface area (TPSA) is 88.7 Å². The molecule has 0 bridgehead atoms. The molecule has 3 heterocycles. The van der Waals surface area contributed by atoms with Gasteiger partial charge in [0.05, 0.1) is 17.5 Å². The van der Waals surface area contributed by atoms with Crippen molar-refractivity contribution in [1.82, 2.24) is 25.1 Å². The first-order valence-corrected chi connectivity index (χ1v) is 10.1. The summed E-state index contributed by atoms with van der Waals surface area (Å²) in [6.45, 7) is 2.51. The Morgan fingerprint density at radius 2 is 1.97 bits per heavy atom. The monoisotopic (exact) mass is 411 g/mol. The van der Waals surface area contributed by atoms with Crippen LogP contribution in [-0.2, 0) is 6.42 Å². The van der Waals surface area contributed by atoms with E-state index in [-0.39, 0.29) is 11.7 Å². The number of H-pyrrole nitrogens is 1. The zero-order chi connectivity index (χ0) is 21.2. The van der Waals surface area contributed by atoms with Crippen molar-refractivity contribution < 1.29 is 9.21 Å². The highest BCUT2D eigenvalue weighted by atomic mass is 16.3. The Balaban J connectivity index is 1.36. The van der Waals surface area contributed by atoms with E-state index in [0.29, 0.717) is 18.8 Å². The van der Waals surface area contributed by atoms with Crippen LogP contribution in [-0.4, -0.2) is 32.2 Å². The second kappa shape index (κ2) is 7.95. The summed E-state index contributed by atoms with van der Waals surface area (Å²) in [6, 6.07) is 17.8. The molecule has 5 rings (SSSR count). The number of para-hydroxylation sites is 1. The normalized spacial score (nSPS) is 11.1. The standard InChI is InChI=1S/C24H21N5O2/c1-16-6-8-19(9-7-16)29-23(18-11-13-31-15-18)27-22(28-29)24(30)25-12-10-17-14-26-21-5-3-2-4-20(17)21/h2-9,11,13-15,26H,10,12H2,1H3,(H,25,30). The van der Waals surface area contributed by atoms with E-state index in [1.54, 1.807) is 23.3 Å². The first-order valence-electron chi connectivity index (χ1n) is 10.1. The Labute approximate surface area is 178 Å². The number of carbonyl (C=O) groups excluding carboxylic acids is 1. The van der Waals surface area contributed by atoms with Crippen LogP contribution < -0.4 is 5.32 Å². The third kappa shape index (κ3) is 3.73. The number of furan rings is 1. The van der Waals surface area contributed by atoms with Gasteiger partial charge in [-0.05, 0) is 43.2 Å². The maximum atomic E-state index is 12.8. The van der Waals surface area contributed by atoms with Crippen LogP contribution in [0.4, 0.5) is 0 Å². The van der Waals surface area contributed by atoms with E-state index in [1.807, 2.05) is 55.6 Å². The largest absolute Gasteiger partial charge is 0.472 e. The van der Waals surface area contributed by atoms with Gasteiger partial charge in [0.25, 0.3) is 5.91 Å². The number of aromatic nitrogens is 4. The highest BCUT2D eigenvalue weighted by Gasteiger charge is 2.19. The molecule has 2 N–H and O–H groups in total. The van der Waals surface area contributed by atoms with Crippen molar-refractivity contribution in [2.45, 2.75) is 13.3 Å². The minimum absolute atomic E-state index is 0.121. The number of aryl methyl sites for hydroxylation is 1. The molecule has 3 aromatic heterocycles. The van der Waals surface area contributed by atoms with Gasteiger partial charge in [-0.15, -0.1) is 5.10 Å². The van der Waals surface area contributed by atoms with Crippen molar-refractivity contribution in [1.29, 1.82) is 0 Å². The number of benzene rings is 2. The molecule has 0 atom stereocenters. The molecule has 7 heteroatoms. The van der Waals surface area contributed by atoms with E-state index in [2.05, 4.69) is 26.4 Å². The van der Waals surface area contributed by atoms with E-state index in [9.17, 15) is 4.79 Å². The van der Waals surface area contributed by atoms with Crippen LogP contribution in [0.2, 0.25) is 0 Å². The van der Waals surface area contributed by atoms with Crippen LogP contribution in [0.25, 0.3) is 28.0 Å². The summed E-state index contributed by atoms with van der Waals surface area (Å²) in [5.74, 6) is 0.366. The SMILES string of the molecule is Cc1ccc(-n2nc(C(=O)NCCc3c[nH]c4ccccc34)nc2-c2ccoc2)cc1. The summed E-state index contributed by atoms with van der Waals surface area (Å²) >= 11 is 0. The molecule has 0 saturated carbocycles. The number of fused-ring (bicyclic) bond motifs is 1. The molecule has 0 fully saturated rings. The lowest BCUT2D eigenvalue weighted by molar-refractivity contribution is 0.0944. The lowest BCUT2D eigenvalue weighted by Crippen LogP contribution is -2.26. The molecular weight excluding hydrogens is 390 g/mol. The summed E-state index contributed by atoms with van der Waals surface area (Å²) in [7, 11) is 0. The summed E-state index contributed by atoms with van der Waals surface area (Å²) in [6.07, 6.45) is 5.86. The molecule has 2 aromatic carbocycles. The summed E-state index contributed by atoms with van der Waals surface area (Å²) in [5, 5.41) is 8.58. The molecule has 0 spiro atoms. The molecule has 0 aliphatic carbocycles. The van der Waals surface area contributed by atoms with Crippen LogP contribution in [0.3, 0.4) is 0 Å².